The number of hydrogen-bond acceptors (Lipinski definition) is 11. The van der Waals surface area contributed by atoms with E-state index >= 15 is 0 Å². The van der Waals surface area contributed by atoms with Gasteiger partial charge in [0.25, 0.3) is 5.91 Å². The van der Waals surface area contributed by atoms with E-state index in [2.05, 4.69) is 35.7 Å². The minimum atomic E-state index is -0.149. The fraction of sp³-hybridized carbons (Fsp3) is 0.385. The number of fused-ring (bicyclic) bond motifs is 1. The van der Waals surface area contributed by atoms with Crippen LogP contribution < -0.4 is 24.5 Å². The number of tetrazole rings is 1. The van der Waals surface area contributed by atoms with E-state index in [1.165, 1.54) is 11.1 Å². The van der Waals surface area contributed by atoms with Crippen LogP contribution in [0.5, 0.6) is 17.2 Å². The van der Waals surface area contributed by atoms with Crippen LogP contribution in [-0.2, 0) is 6.54 Å². The summed E-state index contributed by atoms with van der Waals surface area (Å²) in [6, 6.07) is 10.9. The van der Waals surface area contributed by atoms with Crippen molar-refractivity contribution in [3.05, 3.63) is 54.6 Å². The van der Waals surface area contributed by atoms with Crippen LogP contribution in [0.15, 0.2) is 49.1 Å². The first-order chi connectivity index (χ1) is 19.0. The predicted octanol–water partition coefficient (Wildman–Crippen LogP) is 1.96. The number of methoxy groups -OCH3 is 1. The zero-order valence-electron chi connectivity index (χ0n) is 22.1. The maximum atomic E-state index is 12.8. The number of aromatic nitrogens is 6. The van der Waals surface area contributed by atoms with Crippen molar-refractivity contribution in [1.82, 2.24) is 40.6 Å². The first kappa shape index (κ1) is 26.1. The SMILES string of the molecule is COc1cc2c(N3CCN(NC(=O)c4ccc(OC(C)C)cc4)CC3)ncnc2cc1OCCn1ncnn1. The molecule has 0 spiro atoms. The Morgan fingerprint density at radius 2 is 1.82 bits per heavy atom. The Balaban J connectivity index is 1.21. The van der Waals surface area contributed by atoms with E-state index in [1.807, 2.05) is 43.1 Å². The van der Waals surface area contributed by atoms with Gasteiger partial charge in [0, 0.05) is 43.2 Å². The van der Waals surface area contributed by atoms with Crippen LogP contribution >= 0.6 is 0 Å². The van der Waals surface area contributed by atoms with E-state index in [0.717, 1.165) is 22.5 Å². The van der Waals surface area contributed by atoms with Crippen molar-refractivity contribution in [2.24, 2.45) is 0 Å². The number of piperazine rings is 1. The number of carbonyl (C=O) groups is 1. The highest BCUT2D eigenvalue weighted by atomic mass is 16.5. The second-order valence-corrected chi connectivity index (χ2v) is 9.20. The molecule has 3 heterocycles. The smallest absolute Gasteiger partial charge is 0.265 e. The molecule has 39 heavy (non-hydrogen) atoms. The van der Waals surface area contributed by atoms with Gasteiger partial charge in [-0.2, -0.15) is 4.80 Å². The second kappa shape index (κ2) is 11.9. The van der Waals surface area contributed by atoms with Crippen molar-refractivity contribution in [3.63, 3.8) is 0 Å². The summed E-state index contributed by atoms with van der Waals surface area (Å²) in [5.41, 5.74) is 4.33. The number of benzene rings is 2. The quantitative estimate of drug-likeness (QED) is 0.321. The number of nitrogens with one attached hydrogen (secondary N) is 1. The molecular formula is C26H31N9O4. The molecule has 13 heteroatoms. The van der Waals surface area contributed by atoms with Gasteiger partial charge < -0.3 is 19.1 Å². The first-order valence-corrected chi connectivity index (χ1v) is 12.7. The number of anilines is 1. The maximum Gasteiger partial charge on any atom is 0.265 e. The fourth-order valence-electron chi connectivity index (χ4n) is 4.30. The molecule has 0 unspecified atom stereocenters. The van der Waals surface area contributed by atoms with Gasteiger partial charge in [0.05, 0.1) is 25.3 Å². The summed E-state index contributed by atoms with van der Waals surface area (Å²) < 4.78 is 17.2. The number of rotatable bonds is 10. The molecule has 1 fully saturated rings. The van der Waals surface area contributed by atoms with Crippen LogP contribution in [0.4, 0.5) is 5.82 Å². The lowest BCUT2D eigenvalue weighted by atomic mass is 10.2. The predicted molar refractivity (Wildman–Crippen MR) is 143 cm³/mol. The number of hydrazine groups is 1. The number of amides is 1. The monoisotopic (exact) mass is 533 g/mol. The molecule has 1 saturated heterocycles. The van der Waals surface area contributed by atoms with Crippen LogP contribution in [-0.4, -0.2) is 87.1 Å². The molecule has 1 aliphatic heterocycles. The van der Waals surface area contributed by atoms with E-state index in [1.54, 1.807) is 25.6 Å². The average Bonchev–Trinajstić information content (AvgIpc) is 3.46. The third-order valence-electron chi connectivity index (χ3n) is 6.17. The largest absolute Gasteiger partial charge is 0.493 e. The van der Waals surface area contributed by atoms with Gasteiger partial charge in [-0.3, -0.25) is 10.2 Å². The zero-order valence-corrected chi connectivity index (χ0v) is 22.1. The van der Waals surface area contributed by atoms with Crippen molar-refractivity contribution in [2.45, 2.75) is 26.5 Å². The highest BCUT2D eigenvalue weighted by Gasteiger charge is 2.22. The molecule has 0 bridgehead atoms. The molecule has 0 radical (unpaired) electrons. The highest BCUT2D eigenvalue weighted by Crippen LogP contribution is 2.35. The summed E-state index contributed by atoms with van der Waals surface area (Å²) in [6.45, 7) is 7.37. The van der Waals surface area contributed by atoms with Crippen LogP contribution in [0.1, 0.15) is 24.2 Å². The van der Waals surface area contributed by atoms with Crippen molar-refractivity contribution in [3.8, 4) is 17.2 Å². The minimum Gasteiger partial charge on any atom is -0.493 e. The number of nitrogens with zero attached hydrogens (tertiary/aromatic N) is 8. The normalized spacial score (nSPS) is 14.0. The van der Waals surface area contributed by atoms with Crippen LogP contribution in [0, 0.1) is 0 Å². The third kappa shape index (κ3) is 6.32. The molecule has 1 amide bonds. The van der Waals surface area contributed by atoms with E-state index in [4.69, 9.17) is 14.2 Å². The Labute approximate surface area is 225 Å². The van der Waals surface area contributed by atoms with Gasteiger partial charge in [-0.15, -0.1) is 10.2 Å². The van der Waals surface area contributed by atoms with E-state index in [-0.39, 0.29) is 12.0 Å². The van der Waals surface area contributed by atoms with Gasteiger partial charge in [-0.1, -0.05) is 0 Å². The van der Waals surface area contributed by atoms with Crippen LogP contribution in [0.25, 0.3) is 10.9 Å². The van der Waals surface area contributed by atoms with Crippen molar-refractivity contribution >= 4 is 22.6 Å². The average molecular weight is 534 g/mol. The number of carbonyl (C=O) groups excluding carboxylic acids is 1. The Bertz CT molecular complexity index is 1390. The molecule has 0 atom stereocenters. The van der Waals surface area contributed by atoms with Gasteiger partial charge in [-0.25, -0.2) is 15.0 Å². The number of hydrogen-bond donors (Lipinski definition) is 1. The lowest BCUT2D eigenvalue weighted by Crippen LogP contribution is -2.53. The van der Waals surface area contributed by atoms with Gasteiger partial charge in [0.1, 0.15) is 24.5 Å². The number of ether oxygens (including phenoxy) is 3. The molecule has 13 nitrogen and oxygen atoms in total. The van der Waals surface area contributed by atoms with Gasteiger partial charge in [-0.05, 0) is 49.4 Å². The fourth-order valence-corrected chi connectivity index (χ4v) is 4.30. The molecular weight excluding hydrogens is 502 g/mol. The van der Waals surface area contributed by atoms with Crippen molar-refractivity contribution < 1.29 is 19.0 Å². The minimum absolute atomic E-state index is 0.0818. The lowest BCUT2D eigenvalue weighted by Gasteiger charge is -2.35. The summed E-state index contributed by atoms with van der Waals surface area (Å²) in [7, 11) is 1.60. The first-order valence-electron chi connectivity index (χ1n) is 12.7. The van der Waals surface area contributed by atoms with Crippen LogP contribution in [0.3, 0.4) is 0 Å². The summed E-state index contributed by atoms with van der Waals surface area (Å²) in [6.07, 6.45) is 3.01. The highest BCUT2D eigenvalue weighted by molar-refractivity contribution is 5.94. The molecule has 0 saturated carbocycles. The molecule has 204 valence electrons. The van der Waals surface area contributed by atoms with E-state index < -0.39 is 0 Å². The van der Waals surface area contributed by atoms with E-state index in [9.17, 15) is 4.79 Å². The standard InChI is InChI=1S/C26H31N9O4/c1-18(2)39-20-6-4-19(5-7-20)26(36)31-34-10-8-33(9-11-34)25-21-14-23(37-3)24(15-22(21)27-16-28-25)38-13-12-35-30-17-29-32-35/h4-7,14-18H,8-13H2,1-3H3,(H,31,36). The van der Waals surface area contributed by atoms with Gasteiger partial charge in [0.15, 0.2) is 17.8 Å². The summed E-state index contributed by atoms with van der Waals surface area (Å²) in [4.78, 5) is 25.4. The van der Waals surface area contributed by atoms with Crippen molar-refractivity contribution in [1.29, 1.82) is 0 Å². The molecule has 2 aromatic carbocycles. The Hall–Kier alpha value is -4.52. The van der Waals surface area contributed by atoms with E-state index in [0.29, 0.717) is 56.4 Å². The lowest BCUT2D eigenvalue weighted by molar-refractivity contribution is 0.0777. The maximum absolute atomic E-state index is 12.8. The van der Waals surface area contributed by atoms with Gasteiger partial charge in [0.2, 0.25) is 0 Å². The van der Waals surface area contributed by atoms with Crippen molar-refractivity contribution in [2.75, 3.05) is 44.8 Å². The Morgan fingerprint density at radius 1 is 1.03 bits per heavy atom. The zero-order chi connectivity index (χ0) is 27.2. The molecule has 1 N–H and O–H groups in total. The Kier molecular flexibility index (Phi) is 7.96. The molecule has 2 aromatic heterocycles. The summed E-state index contributed by atoms with van der Waals surface area (Å²) in [5, 5.41) is 14.3. The van der Waals surface area contributed by atoms with Gasteiger partial charge >= 0.3 is 0 Å². The van der Waals surface area contributed by atoms with Crippen LogP contribution in [0.2, 0.25) is 0 Å². The third-order valence-corrected chi connectivity index (χ3v) is 6.17. The topological polar surface area (TPSA) is 133 Å². The molecule has 1 aliphatic rings. The summed E-state index contributed by atoms with van der Waals surface area (Å²) in [5.74, 6) is 2.56. The molecule has 4 aromatic rings. The Morgan fingerprint density at radius 3 is 2.51 bits per heavy atom. The molecule has 0 aliphatic carbocycles. The summed E-state index contributed by atoms with van der Waals surface area (Å²) >= 11 is 0. The second-order valence-electron chi connectivity index (χ2n) is 9.20. The molecule has 5 rings (SSSR count).